The molecule has 1 fully saturated rings. The van der Waals surface area contributed by atoms with Crippen LogP contribution in [0.15, 0.2) is 18.3 Å². The lowest BCUT2D eigenvalue weighted by Crippen LogP contribution is -2.50. The monoisotopic (exact) mass is 273 g/mol. The predicted octanol–water partition coefficient (Wildman–Crippen LogP) is -0.660. The fourth-order valence-electron chi connectivity index (χ4n) is 1.89. The van der Waals surface area contributed by atoms with Gasteiger partial charge in [-0.15, -0.1) is 0 Å². The van der Waals surface area contributed by atoms with E-state index in [0.29, 0.717) is 18.7 Å². The van der Waals surface area contributed by atoms with Gasteiger partial charge in [0, 0.05) is 26.3 Å². The number of pyridine rings is 1. The Morgan fingerprint density at radius 2 is 2.30 bits per heavy atom. The molecule has 20 heavy (non-hydrogen) atoms. The Morgan fingerprint density at radius 3 is 3.00 bits per heavy atom. The van der Waals surface area contributed by atoms with Gasteiger partial charge in [-0.3, -0.25) is 9.59 Å². The molecule has 2 rings (SSSR count). The van der Waals surface area contributed by atoms with Gasteiger partial charge in [0.1, 0.15) is 18.8 Å². The van der Waals surface area contributed by atoms with Gasteiger partial charge in [0.15, 0.2) is 0 Å². The molecule has 0 radical (unpaired) electrons. The van der Waals surface area contributed by atoms with Crippen molar-refractivity contribution >= 4 is 11.8 Å². The van der Waals surface area contributed by atoms with Crippen LogP contribution in [0.2, 0.25) is 0 Å². The molecule has 0 spiro atoms. The number of nitrogens with zero attached hydrogens (tertiary/aromatic N) is 3. The Hall–Kier alpha value is -2.39. The minimum Gasteiger partial charge on any atom is -0.384 e. The van der Waals surface area contributed by atoms with Crippen molar-refractivity contribution in [3.63, 3.8) is 0 Å². The summed E-state index contributed by atoms with van der Waals surface area (Å²) >= 11 is 0. The SMILES string of the molecule is CN1CCN(C(=O)c2ncccc2C#CCO)CC1=O. The van der Waals surface area contributed by atoms with Crippen molar-refractivity contribution in [1.82, 2.24) is 14.8 Å². The molecule has 1 N–H and O–H groups in total. The molecule has 0 unspecified atom stereocenters. The van der Waals surface area contributed by atoms with Crippen molar-refractivity contribution in [3.8, 4) is 11.8 Å². The van der Waals surface area contributed by atoms with Crippen molar-refractivity contribution in [2.24, 2.45) is 0 Å². The van der Waals surface area contributed by atoms with E-state index in [4.69, 9.17) is 5.11 Å². The molecule has 0 aliphatic carbocycles. The van der Waals surface area contributed by atoms with E-state index in [9.17, 15) is 9.59 Å². The lowest BCUT2D eigenvalue weighted by Gasteiger charge is -2.31. The summed E-state index contributed by atoms with van der Waals surface area (Å²) < 4.78 is 0. The molecule has 1 aromatic rings. The number of aromatic nitrogens is 1. The minimum absolute atomic E-state index is 0.0543. The zero-order chi connectivity index (χ0) is 14.5. The molecular weight excluding hydrogens is 258 g/mol. The van der Waals surface area contributed by atoms with Crippen molar-refractivity contribution in [1.29, 1.82) is 0 Å². The summed E-state index contributed by atoms with van der Waals surface area (Å²) in [5, 5.41) is 8.73. The number of rotatable bonds is 1. The van der Waals surface area contributed by atoms with E-state index < -0.39 is 0 Å². The van der Waals surface area contributed by atoms with Gasteiger partial charge in [0.2, 0.25) is 5.91 Å². The summed E-state index contributed by atoms with van der Waals surface area (Å²) in [7, 11) is 1.71. The summed E-state index contributed by atoms with van der Waals surface area (Å²) in [5.41, 5.74) is 0.670. The Bertz CT molecular complexity index is 589. The average Bonchev–Trinajstić information content (AvgIpc) is 2.47. The van der Waals surface area contributed by atoms with Crippen LogP contribution in [0.1, 0.15) is 16.1 Å². The van der Waals surface area contributed by atoms with E-state index in [0.717, 1.165) is 0 Å². The number of likely N-dealkylation sites (N-methyl/N-ethyl adjacent to an activating group) is 1. The van der Waals surface area contributed by atoms with Crippen LogP contribution in [0.5, 0.6) is 0 Å². The van der Waals surface area contributed by atoms with Crippen LogP contribution in [-0.4, -0.2) is 65.0 Å². The summed E-state index contributed by atoms with van der Waals surface area (Å²) in [6.07, 6.45) is 1.51. The lowest BCUT2D eigenvalue weighted by molar-refractivity contribution is -0.133. The molecule has 0 saturated carbocycles. The summed E-state index contributed by atoms with van der Waals surface area (Å²) in [6, 6.07) is 3.34. The van der Waals surface area contributed by atoms with Gasteiger partial charge in [-0.1, -0.05) is 11.8 Å². The highest BCUT2D eigenvalue weighted by atomic mass is 16.2. The number of piperazine rings is 1. The van der Waals surface area contributed by atoms with Crippen molar-refractivity contribution in [2.45, 2.75) is 0 Å². The summed E-state index contributed by atoms with van der Waals surface area (Å²) in [6.45, 7) is 0.758. The number of carbonyl (C=O) groups excluding carboxylic acids is 2. The number of hydrogen-bond acceptors (Lipinski definition) is 4. The second kappa shape index (κ2) is 6.17. The third-order valence-corrected chi connectivity index (χ3v) is 3.06. The van der Waals surface area contributed by atoms with Crippen LogP contribution in [0.3, 0.4) is 0 Å². The molecule has 1 aliphatic rings. The number of aliphatic hydroxyl groups is 1. The highest BCUT2D eigenvalue weighted by Crippen LogP contribution is 2.10. The first kappa shape index (κ1) is 14.0. The molecular formula is C14H15N3O3. The fourth-order valence-corrected chi connectivity index (χ4v) is 1.89. The van der Waals surface area contributed by atoms with Gasteiger partial charge in [-0.25, -0.2) is 4.98 Å². The van der Waals surface area contributed by atoms with Gasteiger partial charge in [0.05, 0.1) is 5.56 Å². The van der Waals surface area contributed by atoms with Gasteiger partial charge in [-0.2, -0.15) is 0 Å². The maximum atomic E-state index is 12.4. The minimum atomic E-state index is -0.311. The maximum absolute atomic E-state index is 12.4. The van der Waals surface area contributed by atoms with Crippen molar-refractivity contribution in [3.05, 3.63) is 29.6 Å². The van der Waals surface area contributed by atoms with Gasteiger partial charge < -0.3 is 14.9 Å². The third kappa shape index (κ3) is 2.95. The van der Waals surface area contributed by atoms with Crippen LogP contribution in [0, 0.1) is 11.8 Å². The highest BCUT2D eigenvalue weighted by Gasteiger charge is 2.27. The fraction of sp³-hybridized carbons (Fsp3) is 0.357. The van der Waals surface area contributed by atoms with Crippen LogP contribution < -0.4 is 0 Å². The van der Waals surface area contributed by atoms with Crippen LogP contribution in [-0.2, 0) is 4.79 Å². The topological polar surface area (TPSA) is 73.7 Å². The largest absolute Gasteiger partial charge is 0.384 e. The zero-order valence-corrected chi connectivity index (χ0v) is 11.2. The van der Waals surface area contributed by atoms with E-state index in [-0.39, 0.29) is 30.7 Å². The van der Waals surface area contributed by atoms with Crippen molar-refractivity contribution in [2.75, 3.05) is 33.3 Å². The number of amides is 2. The molecule has 0 atom stereocenters. The van der Waals surface area contributed by atoms with Crippen LogP contribution >= 0.6 is 0 Å². The van der Waals surface area contributed by atoms with E-state index in [2.05, 4.69) is 16.8 Å². The highest BCUT2D eigenvalue weighted by molar-refractivity contribution is 5.97. The molecule has 104 valence electrons. The van der Waals surface area contributed by atoms with Gasteiger partial charge in [-0.05, 0) is 12.1 Å². The number of aliphatic hydroxyl groups excluding tert-OH is 1. The standard InChI is InChI=1S/C14H15N3O3/c1-16-7-8-17(10-12(16)19)14(20)13-11(5-3-9-18)4-2-6-15-13/h2,4,6,18H,7-10H2,1H3. The van der Waals surface area contributed by atoms with Crippen LogP contribution in [0.4, 0.5) is 0 Å². The average molecular weight is 273 g/mol. The Kier molecular flexibility index (Phi) is 4.33. The first-order valence-corrected chi connectivity index (χ1v) is 6.21. The predicted molar refractivity (Wildman–Crippen MR) is 71.7 cm³/mol. The third-order valence-electron chi connectivity index (χ3n) is 3.06. The summed E-state index contributed by atoms with van der Waals surface area (Å²) in [4.78, 5) is 31.2. The van der Waals surface area contributed by atoms with Gasteiger partial charge in [0.25, 0.3) is 5.91 Å². The lowest BCUT2D eigenvalue weighted by atomic mass is 10.1. The summed E-state index contributed by atoms with van der Waals surface area (Å²) in [5.74, 6) is 4.79. The Morgan fingerprint density at radius 1 is 1.50 bits per heavy atom. The molecule has 0 bridgehead atoms. The van der Waals surface area contributed by atoms with E-state index >= 15 is 0 Å². The number of hydrogen-bond donors (Lipinski definition) is 1. The molecule has 6 nitrogen and oxygen atoms in total. The molecule has 1 aliphatic heterocycles. The Labute approximate surface area is 117 Å². The molecule has 6 heteroatoms. The first-order valence-electron chi connectivity index (χ1n) is 6.21. The second-order valence-electron chi connectivity index (χ2n) is 4.40. The second-order valence-corrected chi connectivity index (χ2v) is 4.40. The number of carbonyl (C=O) groups is 2. The maximum Gasteiger partial charge on any atom is 0.274 e. The molecule has 1 saturated heterocycles. The normalized spacial score (nSPS) is 14.8. The quantitative estimate of drug-likeness (QED) is 0.689. The van der Waals surface area contributed by atoms with Crippen molar-refractivity contribution < 1.29 is 14.7 Å². The van der Waals surface area contributed by atoms with E-state index in [1.807, 2.05) is 0 Å². The van der Waals surface area contributed by atoms with Gasteiger partial charge >= 0.3 is 0 Å². The Balaban J connectivity index is 2.23. The molecule has 2 heterocycles. The molecule has 0 aromatic carbocycles. The smallest absolute Gasteiger partial charge is 0.274 e. The van der Waals surface area contributed by atoms with E-state index in [1.165, 1.54) is 11.1 Å². The first-order chi connectivity index (χ1) is 9.63. The van der Waals surface area contributed by atoms with E-state index in [1.54, 1.807) is 24.1 Å². The van der Waals surface area contributed by atoms with Crippen LogP contribution in [0.25, 0.3) is 0 Å². The molecule has 2 amide bonds. The molecule has 1 aromatic heterocycles. The zero-order valence-electron chi connectivity index (χ0n) is 11.2.